The Bertz CT molecular complexity index is 972. The number of hydrogen-bond acceptors (Lipinski definition) is 3. The zero-order valence-electron chi connectivity index (χ0n) is 18.2. The highest BCUT2D eigenvalue weighted by molar-refractivity contribution is 5.78. The van der Waals surface area contributed by atoms with Crippen molar-refractivity contribution < 1.29 is 13.6 Å². The van der Waals surface area contributed by atoms with Crippen LogP contribution in [0.1, 0.15) is 49.7 Å². The van der Waals surface area contributed by atoms with Crippen molar-refractivity contribution in [3.05, 3.63) is 71.3 Å². The van der Waals surface area contributed by atoms with Gasteiger partial charge in [-0.3, -0.25) is 4.79 Å². The first-order chi connectivity index (χ1) is 15.5. The number of likely N-dealkylation sites (tertiary alicyclic amines) is 1. The van der Waals surface area contributed by atoms with Crippen LogP contribution in [-0.4, -0.2) is 36.0 Å². The average molecular weight is 438 g/mol. The molecule has 2 aromatic carbocycles. The Morgan fingerprint density at radius 2 is 1.66 bits per heavy atom. The molecular formula is C26H29F2N3O. The maximum Gasteiger partial charge on any atom is 0.226 e. The molecule has 0 radical (unpaired) electrons. The lowest BCUT2D eigenvalue weighted by Crippen LogP contribution is -2.49. The number of benzene rings is 2. The van der Waals surface area contributed by atoms with Crippen LogP contribution in [0, 0.1) is 23.0 Å². The SMILES string of the molecule is N#CC1(c2ccccc2)CCC(NC2CCN(C(=O)Cc3ccc(F)c(F)c3)CC2)CC1. The predicted octanol–water partition coefficient (Wildman–Crippen LogP) is 4.49. The van der Waals surface area contributed by atoms with Crippen molar-refractivity contribution in [1.29, 1.82) is 5.26 Å². The van der Waals surface area contributed by atoms with E-state index in [2.05, 4.69) is 23.5 Å². The van der Waals surface area contributed by atoms with E-state index in [9.17, 15) is 18.8 Å². The van der Waals surface area contributed by atoms with Gasteiger partial charge in [0.25, 0.3) is 0 Å². The molecular weight excluding hydrogens is 408 g/mol. The van der Waals surface area contributed by atoms with Crippen LogP contribution in [0.5, 0.6) is 0 Å². The summed E-state index contributed by atoms with van der Waals surface area (Å²) in [6.07, 6.45) is 5.50. The fourth-order valence-corrected chi connectivity index (χ4v) is 5.06. The Morgan fingerprint density at radius 1 is 1.00 bits per heavy atom. The maximum absolute atomic E-state index is 13.4. The van der Waals surface area contributed by atoms with Gasteiger partial charge >= 0.3 is 0 Å². The van der Waals surface area contributed by atoms with E-state index in [1.807, 2.05) is 23.1 Å². The third kappa shape index (κ3) is 4.99. The van der Waals surface area contributed by atoms with Gasteiger partial charge in [0, 0.05) is 25.2 Å². The lowest BCUT2D eigenvalue weighted by Gasteiger charge is -2.39. The minimum atomic E-state index is -0.918. The molecule has 0 unspecified atom stereocenters. The van der Waals surface area contributed by atoms with E-state index in [1.165, 1.54) is 6.07 Å². The van der Waals surface area contributed by atoms with Gasteiger partial charge in [0.15, 0.2) is 11.6 Å². The summed E-state index contributed by atoms with van der Waals surface area (Å²) in [5, 5.41) is 13.6. The zero-order valence-corrected chi connectivity index (χ0v) is 18.2. The smallest absolute Gasteiger partial charge is 0.226 e. The molecule has 1 aliphatic carbocycles. The molecule has 1 saturated carbocycles. The topological polar surface area (TPSA) is 56.1 Å². The zero-order chi connectivity index (χ0) is 22.6. The van der Waals surface area contributed by atoms with Crippen LogP contribution in [0.4, 0.5) is 8.78 Å². The first kappa shape index (κ1) is 22.4. The van der Waals surface area contributed by atoms with Crippen LogP contribution >= 0.6 is 0 Å². The molecule has 1 heterocycles. The molecule has 2 aliphatic rings. The third-order valence-electron chi connectivity index (χ3n) is 7.04. The van der Waals surface area contributed by atoms with Gasteiger partial charge in [-0.15, -0.1) is 0 Å². The number of nitriles is 1. The molecule has 2 aromatic rings. The number of piperidine rings is 1. The Hall–Kier alpha value is -2.78. The quantitative estimate of drug-likeness (QED) is 0.750. The van der Waals surface area contributed by atoms with Gasteiger partial charge in [-0.05, 0) is 61.8 Å². The first-order valence-corrected chi connectivity index (χ1v) is 11.4. The van der Waals surface area contributed by atoms with E-state index in [-0.39, 0.29) is 17.7 Å². The number of amides is 1. The van der Waals surface area contributed by atoms with Crippen LogP contribution in [0.3, 0.4) is 0 Å². The third-order valence-corrected chi connectivity index (χ3v) is 7.04. The maximum atomic E-state index is 13.4. The van der Waals surface area contributed by atoms with E-state index in [1.54, 1.807) is 0 Å². The molecule has 0 bridgehead atoms. The van der Waals surface area contributed by atoms with E-state index in [4.69, 9.17) is 0 Å². The van der Waals surface area contributed by atoms with Gasteiger partial charge in [-0.1, -0.05) is 36.4 Å². The van der Waals surface area contributed by atoms with E-state index >= 15 is 0 Å². The normalized spacial score (nSPS) is 24.2. The van der Waals surface area contributed by atoms with Gasteiger partial charge in [-0.25, -0.2) is 8.78 Å². The number of hydrogen-bond donors (Lipinski definition) is 1. The Labute approximate surface area is 188 Å². The molecule has 1 N–H and O–H groups in total. The molecule has 0 atom stereocenters. The molecule has 32 heavy (non-hydrogen) atoms. The number of carbonyl (C=O) groups excluding carboxylic acids is 1. The largest absolute Gasteiger partial charge is 0.342 e. The van der Waals surface area contributed by atoms with Crippen molar-refractivity contribution in [3.63, 3.8) is 0 Å². The monoisotopic (exact) mass is 437 g/mol. The minimum absolute atomic E-state index is 0.0474. The van der Waals surface area contributed by atoms with E-state index in [0.29, 0.717) is 30.7 Å². The fourth-order valence-electron chi connectivity index (χ4n) is 5.06. The second kappa shape index (κ2) is 9.79. The van der Waals surface area contributed by atoms with Crippen LogP contribution < -0.4 is 5.32 Å². The Balaban J connectivity index is 1.24. The van der Waals surface area contributed by atoms with Crippen molar-refractivity contribution in [3.8, 4) is 6.07 Å². The van der Waals surface area contributed by atoms with Crippen molar-refractivity contribution in [2.45, 2.75) is 62.4 Å². The summed E-state index contributed by atoms with van der Waals surface area (Å²) in [6.45, 7) is 1.33. The highest BCUT2D eigenvalue weighted by Gasteiger charge is 2.37. The number of rotatable bonds is 5. The van der Waals surface area contributed by atoms with Gasteiger partial charge in [-0.2, -0.15) is 5.26 Å². The van der Waals surface area contributed by atoms with Gasteiger partial charge in [0.2, 0.25) is 5.91 Å². The summed E-state index contributed by atoms with van der Waals surface area (Å²) < 4.78 is 26.5. The molecule has 1 amide bonds. The Kier molecular flexibility index (Phi) is 6.86. The highest BCUT2D eigenvalue weighted by Crippen LogP contribution is 2.39. The average Bonchev–Trinajstić information content (AvgIpc) is 2.83. The van der Waals surface area contributed by atoms with Crippen molar-refractivity contribution >= 4 is 5.91 Å². The van der Waals surface area contributed by atoms with E-state index < -0.39 is 11.6 Å². The predicted molar refractivity (Wildman–Crippen MR) is 119 cm³/mol. The molecule has 168 valence electrons. The molecule has 0 aromatic heterocycles. The summed E-state index contributed by atoms with van der Waals surface area (Å²) in [4.78, 5) is 14.4. The summed E-state index contributed by atoms with van der Waals surface area (Å²) in [7, 11) is 0. The molecule has 1 aliphatic heterocycles. The molecule has 2 fully saturated rings. The number of nitrogens with zero attached hydrogens (tertiary/aromatic N) is 2. The highest BCUT2D eigenvalue weighted by atomic mass is 19.2. The van der Waals surface area contributed by atoms with Gasteiger partial charge in [0.1, 0.15) is 0 Å². The van der Waals surface area contributed by atoms with Crippen LogP contribution in [0.2, 0.25) is 0 Å². The van der Waals surface area contributed by atoms with Crippen LogP contribution in [0.15, 0.2) is 48.5 Å². The van der Waals surface area contributed by atoms with Crippen LogP contribution in [0.25, 0.3) is 0 Å². The second-order valence-electron chi connectivity index (χ2n) is 9.08. The van der Waals surface area contributed by atoms with Gasteiger partial charge in [0.05, 0.1) is 17.9 Å². The minimum Gasteiger partial charge on any atom is -0.342 e. The van der Waals surface area contributed by atoms with Gasteiger partial charge < -0.3 is 10.2 Å². The lowest BCUT2D eigenvalue weighted by molar-refractivity contribution is -0.131. The first-order valence-electron chi connectivity index (χ1n) is 11.4. The van der Waals surface area contributed by atoms with Crippen LogP contribution in [-0.2, 0) is 16.6 Å². The van der Waals surface area contributed by atoms with E-state index in [0.717, 1.165) is 56.2 Å². The standard InChI is InChI=1S/C26H29F2N3O/c27-23-7-6-19(16-24(23)28)17-25(32)31-14-10-22(11-15-31)30-21-8-12-26(18-29,13-9-21)20-4-2-1-3-5-20/h1-7,16,21-22,30H,8-15,17H2. The summed E-state index contributed by atoms with van der Waals surface area (Å²) in [5.74, 6) is -1.86. The van der Waals surface area contributed by atoms with Crippen molar-refractivity contribution in [2.24, 2.45) is 0 Å². The number of nitrogens with one attached hydrogen (secondary N) is 1. The molecule has 6 heteroatoms. The summed E-state index contributed by atoms with van der Waals surface area (Å²) in [5.41, 5.74) is 1.24. The molecule has 4 nitrogen and oxygen atoms in total. The molecule has 4 rings (SSSR count). The van der Waals surface area contributed by atoms with Crippen molar-refractivity contribution in [2.75, 3.05) is 13.1 Å². The lowest BCUT2D eigenvalue weighted by atomic mass is 9.69. The Morgan fingerprint density at radius 3 is 2.28 bits per heavy atom. The number of carbonyl (C=O) groups is 1. The number of halogens is 2. The fraction of sp³-hybridized carbons (Fsp3) is 0.462. The second-order valence-corrected chi connectivity index (χ2v) is 9.08. The molecule has 0 spiro atoms. The summed E-state index contributed by atoms with van der Waals surface area (Å²) in [6, 6.07) is 17.1. The summed E-state index contributed by atoms with van der Waals surface area (Å²) >= 11 is 0. The molecule has 1 saturated heterocycles. The van der Waals surface area contributed by atoms with Crippen molar-refractivity contribution in [1.82, 2.24) is 10.2 Å².